The fourth-order valence-corrected chi connectivity index (χ4v) is 14.3. The van der Waals surface area contributed by atoms with Crippen LogP contribution in [0, 0.1) is 11.6 Å². The molecule has 2 unspecified atom stereocenters. The maximum atomic E-state index is 14.4. The molecule has 0 aliphatic carbocycles. The summed E-state index contributed by atoms with van der Waals surface area (Å²) in [6.07, 6.45) is 4.58. The largest absolute Gasteiger partial charge is 0.340 e. The third kappa shape index (κ3) is 14.5. The third-order valence-electron chi connectivity index (χ3n) is 19.5. The molecule has 4 fully saturated rings. The van der Waals surface area contributed by atoms with E-state index in [1.165, 1.54) is 24.3 Å². The number of carbonyl (C=O) groups excluding carboxylic acids is 3. The van der Waals surface area contributed by atoms with Gasteiger partial charge in [-0.3, -0.25) is 48.3 Å². The first kappa shape index (κ1) is 63.1. The molecule has 5 aromatic rings. The van der Waals surface area contributed by atoms with Crippen molar-refractivity contribution in [3.05, 3.63) is 139 Å². The Morgan fingerprint density at radius 1 is 0.602 bits per heavy atom. The SMILES string of the molecule is CC1CN(CCc2cn(CCCC(=O)N3CCN(C[C@H]4CN[C@H](C)CN4CC(=O)N4CC(C)(C)c5[nH]c(=O)c(Cc6ccc(F)cc6)cc54)C(C)C3)nn2)CCN1C[C@H]1CN[C@H](C)CN1CC(=O)N1CC(C)(C)c2[nH]c(=O)c(Cc3ccc(F)cc3)cc21. The summed E-state index contributed by atoms with van der Waals surface area (Å²) in [7, 11) is 0. The van der Waals surface area contributed by atoms with E-state index in [1.807, 2.05) is 51.6 Å². The zero-order valence-corrected chi connectivity index (χ0v) is 52.8. The van der Waals surface area contributed by atoms with Gasteiger partial charge in [0.05, 0.1) is 30.2 Å². The average Bonchev–Trinajstić information content (AvgIpc) is 1.66. The van der Waals surface area contributed by atoms with Crippen molar-refractivity contribution >= 4 is 29.1 Å². The number of rotatable bonds is 19. The van der Waals surface area contributed by atoms with Crippen LogP contribution >= 0.6 is 0 Å². The Morgan fingerprint density at radius 2 is 1.09 bits per heavy atom. The molecule has 4 N–H and O–H groups in total. The highest BCUT2D eigenvalue weighted by Crippen LogP contribution is 2.41. The molecule has 0 radical (unpaired) electrons. The summed E-state index contributed by atoms with van der Waals surface area (Å²) in [5.41, 5.74) is 5.43. The van der Waals surface area contributed by atoms with E-state index < -0.39 is 10.8 Å². The van der Waals surface area contributed by atoms with Crippen molar-refractivity contribution in [1.29, 1.82) is 0 Å². The van der Waals surface area contributed by atoms with Crippen LogP contribution in [0.2, 0.25) is 0 Å². The van der Waals surface area contributed by atoms with Gasteiger partial charge in [0, 0.05) is 206 Å². The Bertz CT molecular complexity index is 3420. The van der Waals surface area contributed by atoms with Crippen LogP contribution in [0.3, 0.4) is 0 Å². The number of H-pyrrole nitrogens is 2. The first-order chi connectivity index (χ1) is 42.0. The van der Waals surface area contributed by atoms with Gasteiger partial charge in [-0.05, 0) is 81.6 Å². The summed E-state index contributed by atoms with van der Waals surface area (Å²) in [4.78, 5) is 93.1. The number of aryl methyl sites for hydroxylation is 1. The second kappa shape index (κ2) is 26.5. The lowest BCUT2D eigenvalue weighted by atomic mass is 9.91. The molecule has 0 saturated carbocycles. The molecular formula is C66H91F2N15O5. The highest BCUT2D eigenvalue weighted by molar-refractivity contribution is 5.98. The molecule has 11 rings (SSSR count). The molecule has 88 heavy (non-hydrogen) atoms. The molecular weight excluding hydrogens is 1120 g/mol. The van der Waals surface area contributed by atoms with E-state index in [-0.39, 0.29) is 83.8 Å². The summed E-state index contributed by atoms with van der Waals surface area (Å²) >= 11 is 0. The Kier molecular flexibility index (Phi) is 19.0. The van der Waals surface area contributed by atoms with Crippen molar-refractivity contribution in [3.8, 4) is 0 Å². The molecule has 3 aromatic heterocycles. The zero-order valence-electron chi connectivity index (χ0n) is 52.8. The van der Waals surface area contributed by atoms with Gasteiger partial charge < -0.3 is 40.2 Å². The Balaban J connectivity index is 0.606. The number of carbonyl (C=O) groups is 3. The molecule has 0 bridgehead atoms. The highest BCUT2D eigenvalue weighted by atomic mass is 19.1. The number of nitrogens with zero attached hydrogens (tertiary/aromatic N) is 11. The van der Waals surface area contributed by atoms with E-state index >= 15 is 0 Å². The van der Waals surface area contributed by atoms with Gasteiger partial charge in [-0.1, -0.05) is 57.2 Å². The highest BCUT2D eigenvalue weighted by Gasteiger charge is 2.43. The number of halogens is 2. The fourth-order valence-electron chi connectivity index (χ4n) is 14.3. The first-order valence-corrected chi connectivity index (χ1v) is 32.0. The number of piperazine rings is 4. The quantitative estimate of drug-likeness (QED) is 0.0928. The van der Waals surface area contributed by atoms with Gasteiger partial charge in [-0.15, -0.1) is 5.10 Å². The average molecular weight is 1210 g/mol. The monoisotopic (exact) mass is 1210 g/mol. The normalized spacial score (nSPS) is 24.5. The molecule has 474 valence electrons. The molecule has 22 heteroatoms. The summed E-state index contributed by atoms with van der Waals surface area (Å²) in [5.74, 6) is -0.495. The maximum absolute atomic E-state index is 14.4. The van der Waals surface area contributed by atoms with Gasteiger partial charge >= 0.3 is 0 Å². The van der Waals surface area contributed by atoms with E-state index in [0.717, 1.165) is 118 Å². The minimum absolute atomic E-state index is 0.00768. The number of pyridine rings is 2. The molecule has 0 spiro atoms. The van der Waals surface area contributed by atoms with Crippen molar-refractivity contribution in [2.75, 3.05) is 121 Å². The predicted octanol–water partition coefficient (Wildman–Crippen LogP) is 3.95. The molecule has 20 nitrogen and oxygen atoms in total. The second-order valence-corrected chi connectivity index (χ2v) is 27.5. The first-order valence-electron chi connectivity index (χ1n) is 32.0. The minimum atomic E-state index is -0.439. The van der Waals surface area contributed by atoms with Gasteiger partial charge in [0.15, 0.2) is 0 Å². The van der Waals surface area contributed by atoms with E-state index in [0.29, 0.717) is 75.6 Å². The number of fused-ring (bicyclic) bond motifs is 2. The number of nitrogens with one attached hydrogen (secondary N) is 4. The summed E-state index contributed by atoms with van der Waals surface area (Å²) in [6, 6.07) is 17.2. The van der Waals surface area contributed by atoms with Gasteiger partial charge in [-0.25, -0.2) is 8.78 Å². The van der Waals surface area contributed by atoms with Gasteiger partial charge in [0.2, 0.25) is 17.7 Å². The number of hydrogen-bond acceptors (Lipinski definition) is 14. The molecule has 4 saturated heterocycles. The minimum Gasteiger partial charge on any atom is -0.340 e. The number of aromatic amines is 2. The van der Waals surface area contributed by atoms with Gasteiger partial charge in [0.25, 0.3) is 11.1 Å². The van der Waals surface area contributed by atoms with E-state index in [4.69, 9.17) is 0 Å². The smallest absolute Gasteiger partial charge is 0.251 e. The summed E-state index contributed by atoms with van der Waals surface area (Å²) < 4.78 is 29.2. The van der Waals surface area contributed by atoms with Crippen molar-refractivity contribution in [2.24, 2.45) is 0 Å². The van der Waals surface area contributed by atoms with Gasteiger partial charge in [-0.2, -0.15) is 0 Å². The second-order valence-electron chi connectivity index (χ2n) is 27.5. The van der Waals surface area contributed by atoms with Crippen LogP contribution in [0.15, 0.2) is 76.4 Å². The predicted molar refractivity (Wildman–Crippen MR) is 337 cm³/mol. The standard InChI is InChI=1S/C66H91F2N15O5/c1-43-32-79(39-59(85)82-41-65(5,6)61-56(82)28-49(63(87)71-61)26-47-11-15-51(67)16-12-47)54(30-69-43)37-76-23-22-75(34-45(76)3)21-19-53-36-81(74-73-53)20-9-10-58(84)78-25-24-77(46(4)35-78)38-55-31-70-44(2)33-80(55)40-60(86)83-42-66(7,8)62-57(83)29-50(64(88)72-62)27-48-13-17-52(68)18-14-48/h11-18,28-29,36,43-46,54-55,69-70H,9-10,19-27,30-35,37-42H2,1-8H3,(H,71,87)(H,72,88)/t43-,44-,45?,46?,54-,55-/m1/s1. The molecule has 9 heterocycles. The van der Waals surface area contributed by atoms with E-state index in [2.05, 4.69) is 97.0 Å². The zero-order chi connectivity index (χ0) is 62.2. The van der Waals surface area contributed by atoms with Crippen LogP contribution in [0.1, 0.15) is 108 Å². The lowest BCUT2D eigenvalue weighted by Crippen LogP contribution is -2.63. The van der Waals surface area contributed by atoms with E-state index in [1.54, 1.807) is 24.3 Å². The molecule has 6 aliphatic heterocycles. The van der Waals surface area contributed by atoms with Crippen LogP contribution in [0.25, 0.3) is 0 Å². The van der Waals surface area contributed by atoms with Crippen LogP contribution in [-0.2, 0) is 51.0 Å². The number of amides is 3. The number of benzene rings is 2. The van der Waals surface area contributed by atoms with Crippen LogP contribution in [-0.4, -0.2) is 220 Å². The number of hydrogen-bond donors (Lipinski definition) is 4. The Morgan fingerprint density at radius 3 is 1.58 bits per heavy atom. The lowest BCUT2D eigenvalue weighted by molar-refractivity contribution is -0.134. The maximum Gasteiger partial charge on any atom is 0.251 e. The Labute approximate surface area is 516 Å². The summed E-state index contributed by atoms with van der Waals surface area (Å²) in [5, 5.41) is 16.3. The van der Waals surface area contributed by atoms with Crippen molar-refractivity contribution in [3.63, 3.8) is 0 Å². The number of aromatic nitrogens is 5. The fraction of sp³-hybridized carbons (Fsp3) is 0.591. The number of anilines is 2. The summed E-state index contributed by atoms with van der Waals surface area (Å²) in [6.45, 7) is 29.4. The van der Waals surface area contributed by atoms with Crippen LogP contribution < -0.4 is 31.6 Å². The van der Waals surface area contributed by atoms with Crippen LogP contribution in [0.5, 0.6) is 0 Å². The molecule has 6 aliphatic rings. The van der Waals surface area contributed by atoms with E-state index in [9.17, 15) is 32.8 Å². The third-order valence-corrected chi connectivity index (χ3v) is 19.5. The van der Waals surface area contributed by atoms with Crippen molar-refractivity contribution in [2.45, 2.75) is 141 Å². The van der Waals surface area contributed by atoms with Crippen molar-refractivity contribution in [1.82, 2.24) is 65.0 Å². The molecule has 6 atom stereocenters. The lowest BCUT2D eigenvalue weighted by Gasteiger charge is -2.45. The Hall–Kier alpha value is -6.53. The van der Waals surface area contributed by atoms with Gasteiger partial charge in [0.1, 0.15) is 11.6 Å². The van der Waals surface area contributed by atoms with Crippen LogP contribution in [0.4, 0.5) is 20.2 Å². The molecule has 3 amide bonds. The topological polar surface area (TPSA) is 198 Å². The van der Waals surface area contributed by atoms with Crippen molar-refractivity contribution < 1.29 is 23.2 Å². The molecule has 2 aromatic carbocycles.